The molecule has 0 bridgehead atoms. The number of thioether (sulfide) groups is 1. The first-order chi connectivity index (χ1) is 15.9. The van der Waals surface area contributed by atoms with E-state index in [1.165, 1.54) is 12.1 Å². The Morgan fingerprint density at radius 2 is 1.94 bits per heavy atom. The number of hydrogen-bond acceptors (Lipinski definition) is 9. The van der Waals surface area contributed by atoms with Crippen molar-refractivity contribution in [3.05, 3.63) is 57.6 Å². The third-order valence-electron chi connectivity index (χ3n) is 5.14. The lowest BCUT2D eigenvalue weighted by Crippen LogP contribution is -2.44. The lowest BCUT2D eigenvalue weighted by atomic mass is 10.2. The van der Waals surface area contributed by atoms with Crippen molar-refractivity contribution in [1.29, 1.82) is 0 Å². The smallest absolute Gasteiger partial charge is 0.282 e. The van der Waals surface area contributed by atoms with Crippen molar-refractivity contribution < 1.29 is 14.1 Å². The summed E-state index contributed by atoms with van der Waals surface area (Å²) >= 11 is 7.51. The van der Waals surface area contributed by atoms with Gasteiger partial charge in [0.1, 0.15) is 5.56 Å². The molecule has 172 valence electrons. The Balaban J connectivity index is 1.41. The van der Waals surface area contributed by atoms with Gasteiger partial charge < -0.3 is 19.5 Å². The first-order valence-electron chi connectivity index (χ1n) is 10.1. The molecule has 4 rings (SSSR count). The summed E-state index contributed by atoms with van der Waals surface area (Å²) in [5.74, 6) is -0.215. The normalized spacial score (nSPS) is 14.3. The SMILES string of the molecule is CN1CCN(c2c(Cl)cccc2NC(=O)CSc2nnc(-c3ccccc3[N+](=O)[O-])o2)CC1. The molecule has 0 saturated carbocycles. The average molecular weight is 489 g/mol. The summed E-state index contributed by atoms with van der Waals surface area (Å²) in [5, 5.41) is 22.6. The van der Waals surface area contributed by atoms with Crippen LogP contribution in [0.3, 0.4) is 0 Å². The van der Waals surface area contributed by atoms with Gasteiger partial charge >= 0.3 is 0 Å². The van der Waals surface area contributed by atoms with Crippen LogP contribution in [0.15, 0.2) is 52.1 Å². The van der Waals surface area contributed by atoms with E-state index in [9.17, 15) is 14.9 Å². The van der Waals surface area contributed by atoms with Gasteiger partial charge in [0.15, 0.2) is 0 Å². The molecule has 2 aromatic carbocycles. The maximum absolute atomic E-state index is 12.6. The van der Waals surface area contributed by atoms with Gasteiger partial charge in [-0.3, -0.25) is 14.9 Å². The molecule has 33 heavy (non-hydrogen) atoms. The minimum Gasteiger partial charge on any atom is -0.411 e. The maximum atomic E-state index is 12.6. The third-order valence-corrected chi connectivity index (χ3v) is 6.27. The zero-order valence-electron chi connectivity index (χ0n) is 17.7. The van der Waals surface area contributed by atoms with Crippen molar-refractivity contribution in [2.24, 2.45) is 0 Å². The van der Waals surface area contributed by atoms with Crippen molar-refractivity contribution in [2.75, 3.05) is 49.2 Å². The number of benzene rings is 2. The molecule has 12 heteroatoms. The Kier molecular flexibility index (Phi) is 7.11. The second-order valence-corrected chi connectivity index (χ2v) is 8.74. The minimum atomic E-state index is -0.511. The number of likely N-dealkylation sites (N-methyl/N-ethyl adjacent to an activating group) is 1. The molecular weight excluding hydrogens is 468 g/mol. The van der Waals surface area contributed by atoms with Gasteiger partial charge in [-0.2, -0.15) is 0 Å². The first kappa shape index (κ1) is 23.0. The topological polar surface area (TPSA) is 118 Å². The summed E-state index contributed by atoms with van der Waals surface area (Å²) in [7, 11) is 2.07. The van der Waals surface area contributed by atoms with Gasteiger partial charge in [-0.25, -0.2) is 0 Å². The molecule has 1 N–H and O–H groups in total. The number of carbonyl (C=O) groups excluding carboxylic acids is 1. The molecule has 1 aliphatic heterocycles. The fourth-order valence-electron chi connectivity index (χ4n) is 3.47. The monoisotopic (exact) mass is 488 g/mol. The van der Waals surface area contributed by atoms with E-state index in [0.29, 0.717) is 10.7 Å². The predicted molar refractivity (Wildman–Crippen MR) is 127 cm³/mol. The number of nitrogens with zero attached hydrogens (tertiary/aromatic N) is 5. The van der Waals surface area contributed by atoms with Gasteiger partial charge in [0.2, 0.25) is 5.91 Å². The number of amides is 1. The molecule has 0 radical (unpaired) electrons. The number of anilines is 2. The largest absolute Gasteiger partial charge is 0.411 e. The lowest BCUT2D eigenvalue weighted by Gasteiger charge is -2.35. The maximum Gasteiger partial charge on any atom is 0.282 e. The predicted octanol–water partition coefficient (Wildman–Crippen LogP) is 3.78. The molecule has 1 saturated heterocycles. The van der Waals surface area contributed by atoms with Crippen LogP contribution in [-0.2, 0) is 4.79 Å². The second kappa shape index (κ2) is 10.2. The van der Waals surface area contributed by atoms with E-state index in [1.54, 1.807) is 18.2 Å². The molecule has 0 atom stereocenters. The van der Waals surface area contributed by atoms with Crippen LogP contribution in [0.25, 0.3) is 11.5 Å². The van der Waals surface area contributed by atoms with E-state index in [-0.39, 0.29) is 34.0 Å². The number of aromatic nitrogens is 2. The number of nitro groups is 1. The summed E-state index contributed by atoms with van der Waals surface area (Å²) in [6.07, 6.45) is 0. The Morgan fingerprint density at radius 3 is 2.70 bits per heavy atom. The summed E-state index contributed by atoms with van der Waals surface area (Å²) in [4.78, 5) is 27.7. The molecular formula is C21H21ClN6O4S. The molecule has 10 nitrogen and oxygen atoms in total. The van der Waals surface area contributed by atoms with Crippen LogP contribution in [0.5, 0.6) is 0 Å². The van der Waals surface area contributed by atoms with Crippen LogP contribution in [0, 0.1) is 10.1 Å². The minimum absolute atomic E-state index is 0.0210. The molecule has 1 fully saturated rings. The Hall–Kier alpha value is -3.15. The molecule has 3 aromatic rings. The number of halogens is 1. The quantitative estimate of drug-likeness (QED) is 0.301. The first-order valence-corrected chi connectivity index (χ1v) is 11.5. The third kappa shape index (κ3) is 5.44. The van der Waals surface area contributed by atoms with Crippen LogP contribution in [0.2, 0.25) is 5.02 Å². The highest BCUT2D eigenvalue weighted by Gasteiger charge is 2.22. The number of piperazine rings is 1. The van der Waals surface area contributed by atoms with Gasteiger partial charge in [0.05, 0.1) is 27.1 Å². The standard InChI is InChI=1S/C21H21ClN6O4S/c1-26-9-11-27(12-10-26)19-15(22)6-4-7-16(19)23-18(29)13-33-21-25-24-20(32-21)14-5-2-3-8-17(14)28(30)31/h2-8H,9-13H2,1H3,(H,23,29). The van der Waals surface area contributed by atoms with E-state index >= 15 is 0 Å². The number of nitrogens with one attached hydrogen (secondary N) is 1. The number of nitro benzene ring substituents is 1. The Bertz CT molecular complexity index is 1170. The van der Waals surface area contributed by atoms with Crippen molar-refractivity contribution in [3.63, 3.8) is 0 Å². The van der Waals surface area contributed by atoms with Gasteiger partial charge in [0, 0.05) is 32.2 Å². The zero-order chi connectivity index (χ0) is 23.4. The molecule has 0 unspecified atom stereocenters. The van der Waals surface area contributed by atoms with Crippen molar-refractivity contribution in [2.45, 2.75) is 5.22 Å². The number of para-hydroxylation sites is 2. The van der Waals surface area contributed by atoms with E-state index in [1.807, 2.05) is 12.1 Å². The molecule has 2 heterocycles. The highest BCUT2D eigenvalue weighted by molar-refractivity contribution is 7.99. The Labute approximate surface area is 199 Å². The van der Waals surface area contributed by atoms with Crippen LogP contribution < -0.4 is 10.2 Å². The van der Waals surface area contributed by atoms with Crippen LogP contribution >= 0.6 is 23.4 Å². The fraction of sp³-hybridized carbons (Fsp3) is 0.286. The molecule has 0 spiro atoms. The number of carbonyl (C=O) groups is 1. The summed E-state index contributed by atoms with van der Waals surface area (Å²) in [5.41, 5.74) is 1.54. The molecule has 1 aliphatic rings. The zero-order valence-corrected chi connectivity index (χ0v) is 19.3. The van der Waals surface area contributed by atoms with Crippen LogP contribution in [-0.4, -0.2) is 64.9 Å². The average Bonchev–Trinajstić information content (AvgIpc) is 3.28. The number of rotatable bonds is 7. The van der Waals surface area contributed by atoms with Crippen molar-refractivity contribution >= 4 is 46.3 Å². The van der Waals surface area contributed by atoms with Gasteiger partial charge in [-0.15, -0.1) is 10.2 Å². The molecule has 1 aromatic heterocycles. The number of hydrogen-bond donors (Lipinski definition) is 1. The van der Waals surface area contributed by atoms with Crippen LogP contribution in [0.1, 0.15) is 0 Å². The summed E-state index contributed by atoms with van der Waals surface area (Å²) < 4.78 is 5.53. The lowest BCUT2D eigenvalue weighted by molar-refractivity contribution is -0.384. The molecule has 1 amide bonds. The summed E-state index contributed by atoms with van der Waals surface area (Å²) in [6.45, 7) is 3.45. The van der Waals surface area contributed by atoms with Crippen LogP contribution in [0.4, 0.5) is 17.1 Å². The van der Waals surface area contributed by atoms with Gasteiger partial charge in [-0.1, -0.05) is 41.6 Å². The van der Waals surface area contributed by atoms with Gasteiger partial charge in [0.25, 0.3) is 16.8 Å². The second-order valence-electron chi connectivity index (χ2n) is 7.41. The van der Waals surface area contributed by atoms with E-state index in [0.717, 1.165) is 43.6 Å². The highest BCUT2D eigenvalue weighted by Crippen LogP contribution is 2.35. The summed E-state index contributed by atoms with van der Waals surface area (Å²) in [6, 6.07) is 11.5. The van der Waals surface area contributed by atoms with E-state index < -0.39 is 4.92 Å². The van der Waals surface area contributed by atoms with E-state index in [4.69, 9.17) is 16.0 Å². The highest BCUT2D eigenvalue weighted by atomic mass is 35.5. The van der Waals surface area contributed by atoms with Crippen molar-refractivity contribution in [3.8, 4) is 11.5 Å². The van der Waals surface area contributed by atoms with Gasteiger partial charge in [-0.05, 0) is 25.2 Å². The fourth-order valence-corrected chi connectivity index (χ4v) is 4.33. The Morgan fingerprint density at radius 1 is 1.18 bits per heavy atom. The van der Waals surface area contributed by atoms with E-state index in [2.05, 4.69) is 32.4 Å². The molecule has 0 aliphatic carbocycles. The van der Waals surface area contributed by atoms with Crippen molar-refractivity contribution in [1.82, 2.24) is 15.1 Å².